The van der Waals surface area contributed by atoms with Gasteiger partial charge in [0.1, 0.15) is 4.75 Å². The maximum absolute atomic E-state index is 12.7. The maximum atomic E-state index is 12.7. The van der Waals surface area contributed by atoms with Crippen molar-refractivity contribution in [2.45, 2.75) is 38.0 Å². The molecule has 7 heteroatoms. The number of carbonyl (C=O) groups is 1. The molecule has 3 aliphatic rings. The van der Waals surface area contributed by atoms with Crippen molar-refractivity contribution in [3.63, 3.8) is 0 Å². The molecule has 0 unspecified atom stereocenters. The molecule has 3 fully saturated rings. The number of carbonyl (C=O) groups excluding carboxylic acids is 1. The molecule has 0 radical (unpaired) electrons. The van der Waals surface area contributed by atoms with E-state index >= 15 is 0 Å². The highest BCUT2D eigenvalue weighted by atomic mass is 32.2. The van der Waals surface area contributed by atoms with Crippen LogP contribution < -0.4 is 0 Å². The molecule has 1 saturated carbocycles. The number of hydrogen-bond donors (Lipinski definition) is 0. The molecule has 1 aliphatic carbocycles. The third kappa shape index (κ3) is 2.95. The van der Waals surface area contributed by atoms with E-state index in [1.165, 1.54) is 0 Å². The molecular weight excluding hydrogens is 352 g/mol. The molecule has 0 bridgehead atoms. The summed E-state index contributed by atoms with van der Waals surface area (Å²) in [6, 6.07) is 5.79. The number of aromatic nitrogens is 1. The van der Waals surface area contributed by atoms with Crippen molar-refractivity contribution < 1.29 is 17.9 Å². The van der Waals surface area contributed by atoms with Crippen LogP contribution in [-0.2, 0) is 26.0 Å². The van der Waals surface area contributed by atoms with Gasteiger partial charge in [0.05, 0.1) is 24.7 Å². The van der Waals surface area contributed by atoms with Crippen LogP contribution in [0, 0.1) is 24.7 Å². The van der Waals surface area contributed by atoms with Crippen LogP contribution in [0.2, 0.25) is 0 Å². The second-order valence-corrected chi connectivity index (χ2v) is 10.6. The van der Waals surface area contributed by atoms with E-state index in [1.807, 2.05) is 25.1 Å². The summed E-state index contributed by atoms with van der Waals surface area (Å²) in [6.45, 7) is 5.47. The Labute approximate surface area is 154 Å². The third-order valence-electron chi connectivity index (χ3n) is 6.27. The zero-order valence-electron chi connectivity index (χ0n) is 15.3. The van der Waals surface area contributed by atoms with Gasteiger partial charge in [0, 0.05) is 30.6 Å². The Morgan fingerprint density at radius 2 is 2.12 bits per heavy atom. The average Bonchev–Trinajstić information content (AvgIpc) is 3.20. The first-order valence-corrected chi connectivity index (χ1v) is 11.0. The van der Waals surface area contributed by atoms with Gasteiger partial charge in [-0.25, -0.2) is 8.42 Å². The normalized spacial score (nSPS) is 31.0. The predicted octanol–water partition coefficient (Wildman–Crippen LogP) is 1.58. The molecule has 2 saturated heterocycles. The molecule has 1 aromatic rings. The molecule has 3 heterocycles. The van der Waals surface area contributed by atoms with E-state index in [1.54, 1.807) is 4.90 Å². The zero-order chi connectivity index (χ0) is 18.5. The molecule has 6 nitrogen and oxygen atoms in total. The van der Waals surface area contributed by atoms with Crippen molar-refractivity contribution >= 4 is 15.7 Å². The van der Waals surface area contributed by atoms with E-state index in [4.69, 9.17) is 4.74 Å². The average molecular weight is 378 g/mol. The smallest absolute Gasteiger partial charge is 0.226 e. The molecule has 3 atom stereocenters. The van der Waals surface area contributed by atoms with Gasteiger partial charge in [-0.1, -0.05) is 13.0 Å². The topological polar surface area (TPSA) is 76.6 Å². The lowest BCUT2D eigenvalue weighted by atomic mass is 9.83. The largest absolute Gasteiger partial charge is 0.375 e. The number of pyridine rings is 1. The Morgan fingerprint density at radius 3 is 2.77 bits per heavy atom. The molecule has 1 aromatic heterocycles. The molecule has 1 spiro atoms. The van der Waals surface area contributed by atoms with Crippen molar-refractivity contribution in [2.75, 3.05) is 25.4 Å². The highest BCUT2D eigenvalue weighted by molar-refractivity contribution is 7.93. The van der Waals surface area contributed by atoms with Gasteiger partial charge < -0.3 is 9.64 Å². The fraction of sp³-hybridized carbons (Fsp3) is 0.684. The van der Waals surface area contributed by atoms with Gasteiger partial charge in [-0.15, -0.1) is 0 Å². The Balaban J connectivity index is 1.38. The molecule has 2 aliphatic heterocycles. The number of ether oxygens (including phenoxy) is 1. The van der Waals surface area contributed by atoms with Crippen molar-refractivity contribution in [1.82, 2.24) is 9.88 Å². The van der Waals surface area contributed by atoms with Crippen molar-refractivity contribution in [1.29, 1.82) is 0 Å². The van der Waals surface area contributed by atoms with E-state index in [0.717, 1.165) is 17.8 Å². The molecule has 0 N–H and O–H groups in total. The zero-order valence-corrected chi connectivity index (χ0v) is 16.2. The van der Waals surface area contributed by atoms with E-state index in [0.29, 0.717) is 38.6 Å². The summed E-state index contributed by atoms with van der Waals surface area (Å²) >= 11 is 0. The van der Waals surface area contributed by atoms with Crippen LogP contribution in [0.25, 0.3) is 0 Å². The molecule has 26 heavy (non-hydrogen) atoms. The van der Waals surface area contributed by atoms with Crippen LogP contribution in [-0.4, -0.2) is 54.4 Å². The lowest BCUT2D eigenvalue weighted by molar-refractivity contribution is -0.139. The van der Waals surface area contributed by atoms with Crippen molar-refractivity contribution in [2.24, 2.45) is 17.8 Å². The van der Waals surface area contributed by atoms with E-state index in [2.05, 4.69) is 11.9 Å². The van der Waals surface area contributed by atoms with E-state index < -0.39 is 14.6 Å². The summed E-state index contributed by atoms with van der Waals surface area (Å²) in [4.78, 5) is 18.5. The Morgan fingerprint density at radius 1 is 1.38 bits per heavy atom. The summed E-state index contributed by atoms with van der Waals surface area (Å²) in [5.74, 6) is 0.844. The monoisotopic (exact) mass is 378 g/mol. The summed E-state index contributed by atoms with van der Waals surface area (Å²) in [5.41, 5.74) is 1.79. The van der Waals surface area contributed by atoms with Gasteiger partial charge in [0.25, 0.3) is 0 Å². The first-order chi connectivity index (χ1) is 12.3. The highest BCUT2D eigenvalue weighted by Crippen LogP contribution is 2.47. The lowest BCUT2D eigenvalue weighted by Crippen LogP contribution is -2.69. The quantitative estimate of drug-likeness (QED) is 0.777. The van der Waals surface area contributed by atoms with Crippen molar-refractivity contribution in [3.8, 4) is 0 Å². The first kappa shape index (κ1) is 17.9. The number of nitrogens with zero attached hydrogens (tertiary/aromatic N) is 2. The Hall–Kier alpha value is -1.47. The SMILES string of the molecule is Cc1cccc(COC[C@@H]2CCS(=O)(=O)C23CN(C(=O)[C@@H]2C[C@H]2C)C3)n1. The lowest BCUT2D eigenvalue weighted by Gasteiger charge is -2.50. The van der Waals surface area contributed by atoms with E-state index in [-0.39, 0.29) is 23.5 Å². The Kier molecular flexibility index (Phi) is 4.34. The summed E-state index contributed by atoms with van der Waals surface area (Å²) < 4.78 is 30.4. The molecular formula is C19H26N2O4S. The van der Waals surface area contributed by atoms with Crippen LogP contribution >= 0.6 is 0 Å². The molecule has 1 amide bonds. The molecule has 4 rings (SSSR count). The van der Waals surface area contributed by atoms with Gasteiger partial charge in [-0.05, 0) is 37.8 Å². The Bertz CT molecular complexity index is 817. The fourth-order valence-electron chi connectivity index (χ4n) is 4.35. The first-order valence-electron chi connectivity index (χ1n) is 9.34. The number of aryl methyl sites for hydroxylation is 1. The van der Waals surface area contributed by atoms with Crippen LogP contribution in [0.3, 0.4) is 0 Å². The van der Waals surface area contributed by atoms with Gasteiger partial charge in [0.2, 0.25) is 5.91 Å². The van der Waals surface area contributed by atoms with Gasteiger partial charge in [0.15, 0.2) is 9.84 Å². The standard InChI is InChI=1S/C19H26N2O4S/c1-13-8-17(13)18(22)21-11-19(12-21)15(6-7-26(19,23)24)9-25-10-16-5-3-4-14(2)20-16/h3-5,13,15,17H,6-12H2,1-2H3/t13-,15+,17-/m1/s1. The minimum Gasteiger partial charge on any atom is -0.375 e. The van der Waals surface area contributed by atoms with Gasteiger partial charge in [-0.2, -0.15) is 0 Å². The van der Waals surface area contributed by atoms with Crippen LogP contribution in [0.15, 0.2) is 18.2 Å². The molecule has 142 valence electrons. The van der Waals surface area contributed by atoms with Crippen LogP contribution in [0.1, 0.15) is 31.2 Å². The third-order valence-corrected chi connectivity index (χ3v) is 8.87. The minimum absolute atomic E-state index is 0.0435. The summed E-state index contributed by atoms with van der Waals surface area (Å²) in [5, 5.41) is 0. The maximum Gasteiger partial charge on any atom is 0.226 e. The number of sulfone groups is 1. The van der Waals surface area contributed by atoms with Crippen LogP contribution in [0.4, 0.5) is 0 Å². The number of likely N-dealkylation sites (tertiary alicyclic amines) is 1. The number of amides is 1. The second kappa shape index (κ2) is 6.30. The van der Waals surface area contributed by atoms with Crippen LogP contribution in [0.5, 0.6) is 0 Å². The predicted molar refractivity (Wildman–Crippen MR) is 97.1 cm³/mol. The summed E-state index contributed by atoms with van der Waals surface area (Å²) in [7, 11) is -3.18. The number of rotatable bonds is 5. The number of hydrogen-bond acceptors (Lipinski definition) is 5. The van der Waals surface area contributed by atoms with Gasteiger partial charge in [-0.3, -0.25) is 9.78 Å². The minimum atomic E-state index is -3.18. The molecule has 0 aromatic carbocycles. The van der Waals surface area contributed by atoms with Gasteiger partial charge >= 0.3 is 0 Å². The fourth-order valence-corrected chi connectivity index (χ4v) is 6.75. The highest BCUT2D eigenvalue weighted by Gasteiger charge is 2.63. The second-order valence-electron chi connectivity index (χ2n) is 8.17. The van der Waals surface area contributed by atoms with Crippen molar-refractivity contribution in [3.05, 3.63) is 29.6 Å². The summed E-state index contributed by atoms with van der Waals surface area (Å²) in [6.07, 6.45) is 1.55. The van der Waals surface area contributed by atoms with E-state index in [9.17, 15) is 13.2 Å².